The number of carbonyl (C=O) groups excluding carboxylic acids is 2. The molecule has 0 bridgehead atoms. The number of hydrogen-bond acceptors (Lipinski definition) is 3. The Morgan fingerprint density at radius 1 is 1.32 bits per heavy atom. The van der Waals surface area contributed by atoms with Crippen LogP contribution in [0.2, 0.25) is 5.02 Å². The number of nitrogens with one attached hydrogen (secondary N) is 2. The third-order valence-electron chi connectivity index (χ3n) is 4.27. The van der Waals surface area contributed by atoms with Crippen LogP contribution in [0.1, 0.15) is 32.3 Å². The lowest BCUT2D eigenvalue weighted by Gasteiger charge is -2.34. The molecule has 1 unspecified atom stereocenters. The molecule has 0 aliphatic carbocycles. The number of carbonyl (C=O) groups is 2. The highest BCUT2D eigenvalue weighted by Crippen LogP contribution is 2.10. The van der Waals surface area contributed by atoms with Crippen molar-refractivity contribution in [3.63, 3.8) is 0 Å². The molecule has 1 aromatic rings. The van der Waals surface area contributed by atoms with Crippen LogP contribution in [0.15, 0.2) is 24.3 Å². The second-order valence-corrected chi connectivity index (χ2v) is 7.46. The molecule has 2 rings (SSSR count). The van der Waals surface area contributed by atoms with Gasteiger partial charge in [-0.15, -0.1) is 0 Å². The first-order valence-corrected chi connectivity index (χ1v) is 9.34. The highest BCUT2D eigenvalue weighted by atomic mass is 35.5. The normalized spacial score (nSPS) is 17.6. The quantitative estimate of drug-likeness (QED) is 0.779. The molecule has 25 heavy (non-hydrogen) atoms. The molecule has 1 fully saturated rings. The number of amides is 2. The fraction of sp³-hybridized carbons (Fsp3) is 0.579. The zero-order valence-electron chi connectivity index (χ0n) is 15.1. The number of benzene rings is 1. The monoisotopic (exact) mass is 365 g/mol. The predicted octanol–water partition coefficient (Wildman–Crippen LogP) is 2.24. The first-order chi connectivity index (χ1) is 11.9. The predicted molar refractivity (Wildman–Crippen MR) is 101 cm³/mol. The summed E-state index contributed by atoms with van der Waals surface area (Å²) >= 11 is 5.86. The molecular weight excluding hydrogens is 338 g/mol. The third-order valence-corrected chi connectivity index (χ3v) is 4.52. The van der Waals surface area contributed by atoms with E-state index in [1.54, 1.807) is 0 Å². The van der Waals surface area contributed by atoms with Gasteiger partial charge in [-0.2, -0.15) is 0 Å². The van der Waals surface area contributed by atoms with Gasteiger partial charge in [0.25, 0.3) is 0 Å². The van der Waals surface area contributed by atoms with E-state index in [1.807, 2.05) is 43.0 Å². The van der Waals surface area contributed by atoms with Gasteiger partial charge in [0.1, 0.15) is 0 Å². The minimum Gasteiger partial charge on any atom is -0.356 e. The fourth-order valence-corrected chi connectivity index (χ4v) is 3.09. The van der Waals surface area contributed by atoms with Crippen molar-refractivity contribution in [2.75, 3.05) is 26.2 Å². The van der Waals surface area contributed by atoms with Gasteiger partial charge in [0.05, 0.1) is 0 Å². The fourth-order valence-electron chi connectivity index (χ4n) is 2.96. The van der Waals surface area contributed by atoms with Crippen molar-refractivity contribution in [2.45, 2.75) is 39.2 Å². The van der Waals surface area contributed by atoms with Crippen LogP contribution in [-0.2, 0) is 16.0 Å². The van der Waals surface area contributed by atoms with Crippen LogP contribution < -0.4 is 10.6 Å². The van der Waals surface area contributed by atoms with Crippen molar-refractivity contribution < 1.29 is 9.59 Å². The summed E-state index contributed by atoms with van der Waals surface area (Å²) in [7, 11) is 0. The van der Waals surface area contributed by atoms with Gasteiger partial charge in [-0.1, -0.05) is 37.6 Å². The smallest absolute Gasteiger partial charge is 0.222 e. The first kappa shape index (κ1) is 19.7. The summed E-state index contributed by atoms with van der Waals surface area (Å²) in [5.41, 5.74) is 1.14. The summed E-state index contributed by atoms with van der Waals surface area (Å²) in [5, 5.41) is 7.00. The molecule has 5 nitrogen and oxygen atoms in total. The molecule has 138 valence electrons. The summed E-state index contributed by atoms with van der Waals surface area (Å²) in [5.74, 6) is 0.561. The van der Waals surface area contributed by atoms with Gasteiger partial charge in [-0.25, -0.2) is 0 Å². The number of nitrogens with zero attached hydrogens (tertiary/aromatic N) is 1. The maximum atomic E-state index is 12.2. The maximum Gasteiger partial charge on any atom is 0.222 e. The number of piperazine rings is 1. The first-order valence-electron chi connectivity index (χ1n) is 8.96. The Morgan fingerprint density at radius 2 is 2.04 bits per heavy atom. The summed E-state index contributed by atoms with van der Waals surface area (Å²) in [6, 6.07) is 7.67. The third kappa shape index (κ3) is 7.04. The Morgan fingerprint density at radius 3 is 2.72 bits per heavy atom. The van der Waals surface area contributed by atoms with Gasteiger partial charge in [-0.05, 0) is 30.0 Å². The van der Waals surface area contributed by atoms with Crippen LogP contribution in [0.25, 0.3) is 0 Å². The number of rotatable bonds is 7. The molecule has 0 aromatic heterocycles. The van der Waals surface area contributed by atoms with Gasteiger partial charge < -0.3 is 15.5 Å². The van der Waals surface area contributed by atoms with E-state index in [-0.39, 0.29) is 17.9 Å². The Labute approximate surface area is 155 Å². The van der Waals surface area contributed by atoms with Crippen LogP contribution in [0.4, 0.5) is 0 Å². The van der Waals surface area contributed by atoms with Gasteiger partial charge in [0.2, 0.25) is 11.8 Å². The van der Waals surface area contributed by atoms with E-state index in [0.717, 1.165) is 25.1 Å². The van der Waals surface area contributed by atoms with Crippen LogP contribution in [-0.4, -0.2) is 48.9 Å². The Balaban J connectivity index is 1.70. The molecule has 2 amide bonds. The molecule has 1 atom stereocenters. The molecule has 6 heteroatoms. The van der Waals surface area contributed by atoms with E-state index in [1.165, 1.54) is 0 Å². The van der Waals surface area contributed by atoms with E-state index >= 15 is 0 Å². The molecule has 0 saturated carbocycles. The van der Waals surface area contributed by atoms with E-state index in [2.05, 4.69) is 10.6 Å². The number of hydrogen-bond donors (Lipinski definition) is 2. The van der Waals surface area contributed by atoms with Crippen molar-refractivity contribution >= 4 is 23.4 Å². The topological polar surface area (TPSA) is 61.4 Å². The van der Waals surface area contributed by atoms with E-state index in [9.17, 15) is 9.59 Å². The summed E-state index contributed by atoms with van der Waals surface area (Å²) in [6.45, 7) is 6.77. The Bertz CT molecular complexity index is 575. The van der Waals surface area contributed by atoms with Crippen LogP contribution in [0.3, 0.4) is 0 Å². The van der Waals surface area contributed by atoms with Gasteiger partial charge in [-0.3, -0.25) is 9.59 Å². The van der Waals surface area contributed by atoms with Crippen molar-refractivity contribution in [1.29, 1.82) is 0 Å². The summed E-state index contributed by atoms with van der Waals surface area (Å²) in [6.07, 6.45) is 1.74. The molecule has 1 saturated heterocycles. The van der Waals surface area contributed by atoms with Crippen LogP contribution in [0.5, 0.6) is 0 Å². The van der Waals surface area contributed by atoms with Gasteiger partial charge in [0.15, 0.2) is 0 Å². The Hall–Kier alpha value is -1.59. The molecule has 1 aliphatic heterocycles. The average Bonchev–Trinajstić information content (AvgIpc) is 2.56. The van der Waals surface area contributed by atoms with Gasteiger partial charge >= 0.3 is 0 Å². The van der Waals surface area contributed by atoms with E-state index in [0.29, 0.717) is 36.9 Å². The van der Waals surface area contributed by atoms with E-state index < -0.39 is 0 Å². The lowest BCUT2D eigenvalue weighted by Crippen LogP contribution is -2.54. The summed E-state index contributed by atoms with van der Waals surface area (Å²) in [4.78, 5) is 26.2. The Kier molecular flexibility index (Phi) is 7.72. The highest BCUT2D eigenvalue weighted by Gasteiger charge is 2.24. The zero-order chi connectivity index (χ0) is 18.2. The van der Waals surface area contributed by atoms with Crippen LogP contribution >= 0.6 is 11.6 Å². The van der Waals surface area contributed by atoms with Crippen molar-refractivity contribution in [1.82, 2.24) is 15.5 Å². The largest absolute Gasteiger partial charge is 0.356 e. The van der Waals surface area contributed by atoms with Crippen molar-refractivity contribution in [2.24, 2.45) is 5.92 Å². The second kappa shape index (κ2) is 9.78. The van der Waals surface area contributed by atoms with Crippen molar-refractivity contribution in [3.05, 3.63) is 34.9 Å². The van der Waals surface area contributed by atoms with Crippen molar-refractivity contribution in [3.8, 4) is 0 Å². The minimum atomic E-state index is 0.0182. The standard InChI is InChI=1S/C19H28ClN3O2/c1-14(2)11-19(25)23-10-9-21-17(13-23)12-18(24)22-8-7-15-3-5-16(20)6-4-15/h3-6,14,17,21H,7-13H2,1-2H3,(H,22,24). The molecule has 1 heterocycles. The second-order valence-electron chi connectivity index (χ2n) is 7.02. The molecule has 0 radical (unpaired) electrons. The molecular formula is C19H28ClN3O2. The number of halogens is 1. The zero-order valence-corrected chi connectivity index (χ0v) is 15.8. The molecule has 2 N–H and O–H groups in total. The lowest BCUT2D eigenvalue weighted by molar-refractivity contribution is -0.134. The minimum absolute atomic E-state index is 0.0182. The van der Waals surface area contributed by atoms with Gasteiger partial charge in [0, 0.05) is 50.1 Å². The average molecular weight is 366 g/mol. The highest BCUT2D eigenvalue weighted by molar-refractivity contribution is 6.30. The molecule has 1 aliphatic rings. The SMILES string of the molecule is CC(C)CC(=O)N1CCNC(CC(=O)NCCc2ccc(Cl)cc2)C1. The molecule has 0 spiro atoms. The van der Waals surface area contributed by atoms with E-state index in [4.69, 9.17) is 11.6 Å². The van der Waals surface area contributed by atoms with Crippen LogP contribution in [0, 0.1) is 5.92 Å². The lowest BCUT2D eigenvalue weighted by atomic mass is 10.1. The maximum absolute atomic E-state index is 12.2. The molecule has 1 aromatic carbocycles. The summed E-state index contributed by atoms with van der Waals surface area (Å²) < 4.78 is 0.